The Balaban J connectivity index is 1.46. The van der Waals surface area contributed by atoms with Crippen molar-refractivity contribution >= 4 is 40.6 Å². The van der Waals surface area contributed by atoms with Crippen LogP contribution in [-0.4, -0.2) is 21.2 Å². The molecule has 4 nitrogen and oxygen atoms in total. The summed E-state index contributed by atoms with van der Waals surface area (Å²) in [6, 6.07) is 25.0. The number of aromatic nitrogens is 1. The molecule has 3 aromatic carbocycles. The van der Waals surface area contributed by atoms with E-state index in [0.717, 1.165) is 38.9 Å². The number of aliphatic carboxylic acids is 1. The highest BCUT2D eigenvalue weighted by Gasteiger charge is 2.20. The van der Waals surface area contributed by atoms with E-state index in [1.165, 1.54) is 0 Å². The van der Waals surface area contributed by atoms with Gasteiger partial charge in [0.1, 0.15) is 0 Å². The lowest BCUT2D eigenvalue weighted by molar-refractivity contribution is -0.138. The minimum atomic E-state index is -0.816. The Morgan fingerprint density at radius 1 is 1.00 bits per heavy atom. The smallest absolute Gasteiger partial charge is 0.310 e. The third kappa shape index (κ3) is 6.16. The summed E-state index contributed by atoms with van der Waals surface area (Å²) in [5, 5.41) is 22.1. The van der Waals surface area contributed by atoms with Crippen LogP contribution >= 0.6 is 11.6 Å². The fourth-order valence-electron chi connectivity index (χ4n) is 4.34. The Morgan fingerprint density at radius 2 is 1.80 bits per heavy atom. The number of fused-ring (bicyclic) bond motifs is 1. The summed E-state index contributed by atoms with van der Waals surface area (Å²) in [6.45, 7) is 1.88. The number of halogens is 1. The summed E-state index contributed by atoms with van der Waals surface area (Å²) in [5.41, 5.74) is 5.26. The number of carbonyl (C=O) groups is 1. The average molecular weight is 486 g/mol. The van der Waals surface area contributed by atoms with E-state index in [9.17, 15) is 15.0 Å². The van der Waals surface area contributed by atoms with Crippen molar-refractivity contribution in [1.29, 1.82) is 0 Å². The second kappa shape index (κ2) is 11.3. The molecular weight excluding hydrogens is 458 g/mol. The molecule has 4 rings (SSSR count). The zero-order valence-electron chi connectivity index (χ0n) is 19.6. The Kier molecular flexibility index (Phi) is 7.96. The van der Waals surface area contributed by atoms with Crippen molar-refractivity contribution in [3.05, 3.63) is 112 Å². The first-order valence-electron chi connectivity index (χ1n) is 11.8. The number of benzene rings is 3. The molecule has 4 aromatic rings. The summed E-state index contributed by atoms with van der Waals surface area (Å²) in [7, 11) is 0. The normalized spacial score (nSPS) is 13.2. The van der Waals surface area contributed by atoms with Crippen molar-refractivity contribution in [2.75, 3.05) is 0 Å². The van der Waals surface area contributed by atoms with Crippen molar-refractivity contribution in [3.63, 3.8) is 0 Å². The molecule has 0 fully saturated rings. The molecule has 5 heteroatoms. The molecule has 0 amide bonds. The van der Waals surface area contributed by atoms with Crippen molar-refractivity contribution < 1.29 is 15.0 Å². The maximum atomic E-state index is 11.7. The van der Waals surface area contributed by atoms with Crippen molar-refractivity contribution in [2.45, 2.75) is 38.2 Å². The van der Waals surface area contributed by atoms with Crippen LogP contribution in [0.15, 0.2) is 78.9 Å². The summed E-state index contributed by atoms with van der Waals surface area (Å²) in [4.78, 5) is 16.3. The Hall–Kier alpha value is -3.47. The monoisotopic (exact) mass is 485 g/mol. The number of hydrogen-bond acceptors (Lipinski definition) is 3. The van der Waals surface area contributed by atoms with Crippen LogP contribution in [0.2, 0.25) is 5.02 Å². The molecule has 2 N–H and O–H groups in total. The molecule has 0 aliphatic heterocycles. The molecule has 35 heavy (non-hydrogen) atoms. The van der Waals surface area contributed by atoms with Gasteiger partial charge in [0.05, 0.1) is 23.2 Å². The fourth-order valence-corrected chi connectivity index (χ4v) is 4.51. The third-order valence-electron chi connectivity index (χ3n) is 6.24. The Labute approximate surface area is 210 Å². The van der Waals surface area contributed by atoms with Gasteiger partial charge in [-0.15, -0.1) is 0 Å². The van der Waals surface area contributed by atoms with Gasteiger partial charge in [-0.2, -0.15) is 0 Å². The molecule has 0 aliphatic carbocycles. The van der Waals surface area contributed by atoms with Gasteiger partial charge in [-0.1, -0.05) is 79.2 Å². The zero-order chi connectivity index (χ0) is 24.8. The predicted molar refractivity (Wildman–Crippen MR) is 143 cm³/mol. The second-order valence-electron chi connectivity index (χ2n) is 8.63. The number of aliphatic hydroxyl groups excluding tert-OH is 1. The van der Waals surface area contributed by atoms with Gasteiger partial charge >= 0.3 is 5.97 Å². The first-order chi connectivity index (χ1) is 16.9. The van der Waals surface area contributed by atoms with E-state index < -0.39 is 18.0 Å². The molecule has 0 spiro atoms. The van der Waals surface area contributed by atoms with Crippen LogP contribution < -0.4 is 0 Å². The molecule has 0 radical (unpaired) electrons. The number of carboxylic acids is 1. The molecule has 0 saturated carbocycles. The van der Waals surface area contributed by atoms with Crippen LogP contribution in [0, 0.1) is 0 Å². The number of hydrogen-bond donors (Lipinski definition) is 2. The van der Waals surface area contributed by atoms with Gasteiger partial charge in [0, 0.05) is 10.4 Å². The quantitative estimate of drug-likeness (QED) is 0.261. The van der Waals surface area contributed by atoms with Gasteiger partial charge in [0.25, 0.3) is 0 Å². The SMILES string of the molecule is CCC(C(=O)O)c1ccccc1CC[C@H](O)c1cccc(/C=C/c2ccc3ccc(Cl)cc3n2)c1. The molecule has 1 unspecified atom stereocenters. The van der Waals surface area contributed by atoms with Crippen molar-refractivity contribution in [3.8, 4) is 0 Å². The van der Waals surface area contributed by atoms with Gasteiger partial charge in [0.2, 0.25) is 0 Å². The Morgan fingerprint density at radius 3 is 2.60 bits per heavy atom. The molecule has 2 atom stereocenters. The fraction of sp³-hybridized carbons (Fsp3) is 0.200. The summed E-state index contributed by atoms with van der Waals surface area (Å²) in [5.74, 6) is -1.35. The lowest BCUT2D eigenvalue weighted by Crippen LogP contribution is -2.13. The lowest BCUT2D eigenvalue weighted by atomic mass is 9.89. The van der Waals surface area contributed by atoms with Gasteiger partial charge in [-0.3, -0.25) is 4.79 Å². The summed E-state index contributed by atoms with van der Waals surface area (Å²) < 4.78 is 0. The number of rotatable bonds is 9. The van der Waals surface area contributed by atoms with Crippen molar-refractivity contribution in [2.24, 2.45) is 0 Å². The van der Waals surface area contributed by atoms with Gasteiger partial charge in [-0.25, -0.2) is 4.98 Å². The maximum absolute atomic E-state index is 11.7. The minimum Gasteiger partial charge on any atom is -0.481 e. The van der Waals surface area contributed by atoms with E-state index >= 15 is 0 Å². The Bertz CT molecular complexity index is 1360. The highest BCUT2D eigenvalue weighted by Crippen LogP contribution is 2.27. The summed E-state index contributed by atoms with van der Waals surface area (Å²) in [6.07, 6.45) is 4.91. The molecule has 0 saturated heterocycles. The zero-order valence-corrected chi connectivity index (χ0v) is 20.3. The highest BCUT2D eigenvalue weighted by atomic mass is 35.5. The van der Waals surface area contributed by atoms with E-state index in [-0.39, 0.29) is 0 Å². The van der Waals surface area contributed by atoms with Gasteiger partial charge < -0.3 is 10.2 Å². The number of carboxylic acid groups (broad SMARTS) is 1. The van der Waals surface area contributed by atoms with Crippen LogP contribution in [-0.2, 0) is 11.2 Å². The molecule has 0 bridgehead atoms. The topological polar surface area (TPSA) is 70.4 Å². The second-order valence-corrected chi connectivity index (χ2v) is 9.07. The van der Waals surface area contributed by atoms with Crippen LogP contribution in [0.4, 0.5) is 0 Å². The van der Waals surface area contributed by atoms with Crippen LogP contribution in [0.25, 0.3) is 23.1 Å². The van der Waals surface area contributed by atoms with Crippen LogP contribution in [0.3, 0.4) is 0 Å². The van der Waals surface area contributed by atoms with Crippen LogP contribution in [0.1, 0.15) is 59.7 Å². The lowest BCUT2D eigenvalue weighted by Gasteiger charge is -2.17. The first-order valence-corrected chi connectivity index (χ1v) is 12.2. The first kappa shape index (κ1) is 24.6. The van der Waals surface area contributed by atoms with E-state index in [4.69, 9.17) is 11.6 Å². The predicted octanol–water partition coefficient (Wildman–Crippen LogP) is 7.30. The van der Waals surface area contributed by atoms with Gasteiger partial charge in [-0.05, 0) is 71.9 Å². The molecule has 1 aromatic heterocycles. The molecule has 178 valence electrons. The standard InChI is InChI=1S/C30H28ClNO3/c1-2-26(30(34)35)27-9-4-3-7-21(27)13-17-29(33)23-8-5-6-20(18-23)10-15-25-16-12-22-11-14-24(31)19-28(22)32-25/h3-12,14-16,18-19,26,29,33H,2,13,17H2,1H3,(H,34,35)/b15-10+/t26?,29-/m0/s1. The third-order valence-corrected chi connectivity index (χ3v) is 6.48. The maximum Gasteiger partial charge on any atom is 0.310 e. The van der Waals surface area contributed by atoms with E-state index in [0.29, 0.717) is 24.3 Å². The number of aryl methyl sites for hydroxylation is 1. The molecular formula is C30H28ClNO3. The van der Waals surface area contributed by atoms with Gasteiger partial charge in [0.15, 0.2) is 0 Å². The molecule has 0 aliphatic rings. The number of aliphatic hydroxyl groups is 1. The van der Waals surface area contributed by atoms with Crippen molar-refractivity contribution in [1.82, 2.24) is 4.98 Å². The van der Waals surface area contributed by atoms with E-state index in [1.807, 2.05) is 97.9 Å². The average Bonchev–Trinajstić information content (AvgIpc) is 2.86. The number of nitrogens with zero attached hydrogens (tertiary/aromatic N) is 1. The summed E-state index contributed by atoms with van der Waals surface area (Å²) >= 11 is 6.09. The number of pyridine rings is 1. The molecule has 1 heterocycles. The largest absolute Gasteiger partial charge is 0.481 e. The minimum absolute atomic E-state index is 0.507. The van der Waals surface area contributed by atoms with E-state index in [2.05, 4.69) is 4.98 Å². The van der Waals surface area contributed by atoms with Crippen LogP contribution in [0.5, 0.6) is 0 Å². The highest BCUT2D eigenvalue weighted by molar-refractivity contribution is 6.31. The van der Waals surface area contributed by atoms with E-state index in [1.54, 1.807) is 0 Å².